The molecule has 0 atom stereocenters. The Labute approximate surface area is 109 Å². The van der Waals surface area contributed by atoms with E-state index >= 15 is 0 Å². The van der Waals surface area contributed by atoms with Gasteiger partial charge in [-0.15, -0.1) is 0 Å². The van der Waals surface area contributed by atoms with Crippen LogP contribution in [-0.4, -0.2) is 30.4 Å². The summed E-state index contributed by atoms with van der Waals surface area (Å²) in [5, 5.41) is 2.30. The molecule has 1 fully saturated rings. The van der Waals surface area contributed by atoms with Crippen LogP contribution < -0.4 is 5.32 Å². The highest BCUT2D eigenvalue weighted by Gasteiger charge is 2.26. The Bertz CT molecular complexity index is 371. The second-order valence-corrected chi connectivity index (χ2v) is 4.98. The van der Waals surface area contributed by atoms with Crippen molar-refractivity contribution in [1.29, 1.82) is 0 Å². The first-order valence-corrected chi connectivity index (χ1v) is 6.95. The third-order valence-corrected chi connectivity index (χ3v) is 3.70. The maximum atomic E-state index is 12.4. The Kier molecular flexibility index (Phi) is 4.76. The first-order valence-electron chi connectivity index (χ1n) is 6.95. The summed E-state index contributed by atoms with van der Waals surface area (Å²) in [6.07, 6.45) is 2.06. The highest BCUT2D eigenvalue weighted by molar-refractivity contribution is 5.78. The van der Waals surface area contributed by atoms with E-state index in [2.05, 4.69) is 24.4 Å². The van der Waals surface area contributed by atoms with Gasteiger partial charge >= 0.3 is 0 Å². The molecule has 18 heavy (non-hydrogen) atoms. The molecule has 3 heteroatoms. The van der Waals surface area contributed by atoms with Crippen molar-refractivity contribution in [1.82, 2.24) is 4.90 Å². The van der Waals surface area contributed by atoms with Gasteiger partial charge in [0.25, 0.3) is 0 Å². The van der Waals surface area contributed by atoms with E-state index in [1.807, 2.05) is 23.1 Å². The van der Waals surface area contributed by atoms with Crippen molar-refractivity contribution < 1.29 is 10.1 Å². The molecule has 98 valence electrons. The SMILES string of the molecule is CCN(Cc1ccccc1)C(=O)C1CC[NH2+]CC1. The third-order valence-electron chi connectivity index (χ3n) is 3.70. The van der Waals surface area contributed by atoms with Crippen LogP contribution in [0.2, 0.25) is 0 Å². The number of hydrogen-bond donors (Lipinski definition) is 1. The number of carbonyl (C=O) groups excluding carboxylic acids is 1. The van der Waals surface area contributed by atoms with Gasteiger partial charge in [-0.2, -0.15) is 0 Å². The third kappa shape index (κ3) is 3.33. The lowest BCUT2D eigenvalue weighted by Gasteiger charge is -2.27. The number of rotatable bonds is 4. The number of carbonyl (C=O) groups is 1. The molecule has 0 aliphatic carbocycles. The van der Waals surface area contributed by atoms with Crippen LogP contribution in [0.3, 0.4) is 0 Å². The Morgan fingerprint density at radius 1 is 1.28 bits per heavy atom. The van der Waals surface area contributed by atoms with Crippen LogP contribution in [0.25, 0.3) is 0 Å². The van der Waals surface area contributed by atoms with Crippen molar-refractivity contribution in [3.05, 3.63) is 35.9 Å². The fraction of sp³-hybridized carbons (Fsp3) is 0.533. The van der Waals surface area contributed by atoms with Gasteiger partial charge in [0.2, 0.25) is 5.91 Å². The molecular formula is C15H23N2O+. The predicted molar refractivity (Wildman–Crippen MR) is 71.9 cm³/mol. The number of benzene rings is 1. The minimum absolute atomic E-state index is 0.249. The number of quaternary nitrogens is 1. The molecule has 1 aliphatic rings. The standard InChI is InChI=1S/C15H22N2O/c1-2-17(12-13-6-4-3-5-7-13)15(18)14-8-10-16-11-9-14/h3-7,14,16H,2,8-12H2,1H3/p+1. The van der Waals surface area contributed by atoms with Crippen molar-refractivity contribution in [2.45, 2.75) is 26.3 Å². The largest absolute Gasteiger partial charge is 0.346 e. The topological polar surface area (TPSA) is 36.9 Å². The summed E-state index contributed by atoms with van der Waals surface area (Å²) in [7, 11) is 0. The maximum Gasteiger partial charge on any atom is 0.226 e. The predicted octanol–water partition coefficient (Wildman–Crippen LogP) is 1.01. The quantitative estimate of drug-likeness (QED) is 0.847. The molecule has 3 nitrogen and oxygen atoms in total. The summed E-state index contributed by atoms with van der Waals surface area (Å²) in [5.41, 5.74) is 1.22. The van der Waals surface area contributed by atoms with Gasteiger partial charge in [0.1, 0.15) is 0 Å². The molecule has 1 aliphatic heterocycles. The van der Waals surface area contributed by atoms with Crippen LogP contribution >= 0.6 is 0 Å². The minimum Gasteiger partial charge on any atom is -0.346 e. The number of nitrogens with zero attached hydrogens (tertiary/aromatic N) is 1. The van der Waals surface area contributed by atoms with E-state index in [1.54, 1.807) is 0 Å². The fourth-order valence-electron chi connectivity index (χ4n) is 2.58. The van der Waals surface area contributed by atoms with Gasteiger partial charge in [-0.3, -0.25) is 4.79 Å². The normalized spacial score (nSPS) is 16.5. The zero-order chi connectivity index (χ0) is 12.8. The molecule has 1 aromatic carbocycles. The van der Waals surface area contributed by atoms with Gasteiger partial charge in [-0.25, -0.2) is 0 Å². The molecule has 0 unspecified atom stereocenters. The van der Waals surface area contributed by atoms with Gasteiger partial charge in [-0.05, 0) is 12.5 Å². The zero-order valence-corrected chi connectivity index (χ0v) is 11.1. The van der Waals surface area contributed by atoms with Gasteiger partial charge in [0.15, 0.2) is 0 Å². The maximum absolute atomic E-state index is 12.4. The van der Waals surface area contributed by atoms with Crippen LogP contribution in [0.5, 0.6) is 0 Å². The second kappa shape index (κ2) is 6.55. The summed E-state index contributed by atoms with van der Waals surface area (Å²) >= 11 is 0. The number of amides is 1. The first kappa shape index (κ1) is 13.1. The molecule has 1 saturated heterocycles. The lowest BCUT2D eigenvalue weighted by Crippen LogP contribution is -2.86. The van der Waals surface area contributed by atoms with Gasteiger partial charge < -0.3 is 10.2 Å². The molecule has 1 heterocycles. The van der Waals surface area contributed by atoms with Gasteiger partial charge in [0.05, 0.1) is 13.1 Å². The average Bonchev–Trinajstić information content (AvgIpc) is 2.46. The summed E-state index contributed by atoms with van der Waals surface area (Å²) in [6, 6.07) is 10.3. The Hall–Kier alpha value is -1.35. The van der Waals surface area contributed by atoms with Crippen molar-refractivity contribution in [2.75, 3.05) is 19.6 Å². The van der Waals surface area contributed by atoms with Crippen LogP contribution in [0.1, 0.15) is 25.3 Å². The van der Waals surface area contributed by atoms with E-state index < -0.39 is 0 Å². The van der Waals surface area contributed by atoms with Crippen molar-refractivity contribution in [2.24, 2.45) is 5.92 Å². The molecule has 0 spiro atoms. The Balaban J connectivity index is 1.97. The minimum atomic E-state index is 0.249. The Morgan fingerprint density at radius 3 is 2.56 bits per heavy atom. The number of hydrogen-bond acceptors (Lipinski definition) is 1. The van der Waals surface area contributed by atoms with Crippen molar-refractivity contribution >= 4 is 5.91 Å². The summed E-state index contributed by atoms with van der Waals surface area (Å²) in [6.45, 7) is 5.80. The average molecular weight is 247 g/mol. The zero-order valence-electron chi connectivity index (χ0n) is 11.1. The summed E-state index contributed by atoms with van der Waals surface area (Å²) in [5.74, 6) is 0.591. The second-order valence-electron chi connectivity index (χ2n) is 4.98. The molecule has 0 bridgehead atoms. The highest BCUT2D eigenvalue weighted by atomic mass is 16.2. The molecule has 1 aromatic rings. The van der Waals surface area contributed by atoms with E-state index in [-0.39, 0.29) is 5.92 Å². The number of nitrogens with two attached hydrogens (primary N) is 1. The molecule has 1 amide bonds. The lowest BCUT2D eigenvalue weighted by molar-refractivity contribution is -0.664. The van der Waals surface area contributed by atoms with Crippen LogP contribution in [0.15, 0.2) is 30.3 Å². The monoisotopic (exact) mass is 247 g/mol. The van der Waals surface area contributed by atoms with E-state index in [9.17, 15) is 4.79 Å². The molecule has 0 radical (unpaired) electrons. The van der Waals surface area contributed by atoms with Crippen LogP contribution in [0, 0.1) is 5.92 Å². The van der Waals surface area contributed by atoms with Crippen molar-refractivity contribution in [3.8, 4) is 0 Å². The molecule has 2 rings (SSSR count). The van der Waals surface area contributed by atoms with E-state index in [0.717, 1.165) is 39.0 Å². The van der Waals surface area contributed by atoms with E-state index in [1.165, 1.54) is 5.56 Å². The van der Waals surface area contributed by atoms with Crippen LogP contribution in [0.4, 0.5) is 0 Å². The Morgan fingerprint density at radius 2 is 1.94 bits per heavy atom. The molecule has 2 N–H and O–H groups in total. The molecular weight excluding hydrogens is 224 g/mol. The van der Waals surface area contributed by atoms with Gasteiger partial charge in [0, 0.05) is 31.8 Å². The van der Waals surface area contributed by atoms with E-state index in [4.69, 9.17) is 0 Å². The van der Waals surface area contributed by atoms with Crippen molar-refractivity contribution in [3.63, 3.8) is 0 Å². The summed E-state index contributed by atoms with van der Waals surface area (Å²) in [4.78, 5) is 14.4. The number of piperidine rings is 1. The fourth-order valence-corrected chi connectivity index (χ4v) is 2.58. The highest BCUT2D eigenvalue weighted by Crippen LogP contribution is 2.15. The van der Waals surface area contributed by atoms with E-state index in [0.29, 0.717) is 5.91 Å². The summed E-state index contributed by atoms with van der Waals surface area (Å²) < 4.78 is 0. The van der Waals surface area contributed by atoms with Crippen LogP contribution in [-0.2, 0) is 11.3 Å². The molecule has 0 saturated carbocycles. The smallest absolute Gasteiger partial charge is 0.226 e. The lowest BCUT2D eigenvalue weighted by atomic mass is 9.96. The first-order chi connectivity index (χ1) is 8.81. The van der Waals surface area contributed by atoms with Gasteiger partial charge in [-0.1, -0.05) is 30.3 Å². The molecule has 0 aromatic heterocycles.